The first kappa shape index (κ1) is 18.2. The van der Waals surface area contributed by atoms with Crippen molar-refractivity contribution in [3.8, 4) is 11.8 Å². The molecule has 0 aliphatic heterocycles. The number of aromatic amines is 1. The van der Waals surface area contributed by atoms with E-state index in [-0.39, 0.29) is 6.61 Å². The number of hydrogen-bond donors (Lipinski definition) is 1. The minimum atomic E-state index is -0.443. The van der Waals surface area contributed by atoms with Gasteiger partial charge in [0.05, 0.1) is 23.7 Å². The Balaban J connectivity index is 1.84. The molecule has 0 saturated carbocycles. The molecular formula is C21H19N3O3. The van der Waals surface area contributed by atoms with E-state index in [4.69, 9.17) is 4.74 Å². The smallest absolute Gasteiger partial charge is 0.343 e. The molecule has 6 heteroatoms. The van der Waals surface area contributed by atoms with Gasteiger partial charge in [0.1, 0.15) is 17.6 Å². The maximum absolute atomic E-state index is 11.1. The maximum atomic E-state index is 11.1. The van der Waals surface area contributed by atoms with Crippen LogP contribution in [0.4, 0.5) is 0 Å². The first-order chi connectivity index (χ1) is 13.0. The van der Waals surface area contributed by atoms with Crippen LogP contribution in [0.1, 0.15) is 22.5 Å². The fourth-order valence-electron chi connectivity index (χ4n) is 2.58. The number of nitriles is 1. The van der Waals surface area contributed by atoms with Gasteiger partial charge in [-0.15, -0.1) is 0 Å². The van der Waals surface area contributed by atoms with Crippen molar-refractivity contribution in [1.82, 2.24) is 9.97 Å². The zero-order valence-corrected chi connectivity index (χ0v) is 15.4. The summed E-state index contributed by atoms with van der Waals surface area (Å²) in [5, 5.41) is 9.55. The Bertz CT molecular complexity index is 1020. The molecule has 1 heterocycles. The molecule has 2 aromatic carbocycles. The molecule has 3 rings (SSSR count). The standard InChI is InChI=1S/C21H19N3O3/c1-13-8-18-19(9-14(13)2)24-21(23-18)16(11-22)10-15-4-6-17(7-5-15)27-12-20(25)26-3/h4-10H,12H2,1-3H3,(H,23,24)/b16-10-. The molecule has 0 aliphatic carbocycles. The number of methoxy groups -OCH3 is 1. The Hall–Kier alpha value is -3.59. The van der Waals surface area contributed by atoms with Crippen molar-refractivity contribution in [2.24, 2.45) is 0 Å². The van der Waals surface area contributed by atoms with Gasteiger partial charge < -0.3 is 14.5 Å². The van der Waals surface area contributed by atoms with Crippen LogP contribution in [-0.2, 0) is 9.53 Å². The highest BCUT2D eigenvalue weighted by molar-refractivity contribution is 5.90. The molecule has 0 aliphatic rings. The van der Waals surface area contributed by atoms with Crippen LogP contribution in [-0.4, -0.2) is 29.7 Å². The van der Waals surface area contributed by atoms with Gasteiger partial charge in [0.15, 0.2) is 6.61 Å². The molecule has 6 nitrogen and oxygen atoms in total. The van der Waals surface area contributed by atoms with Crippen LogP contribution >= 0.6 is 0 Å². The molecule has 0 amide bonds. The number of nitrogens with one attached hydrogen (secondary N) is 1. The Kier molecular flexibility index (Phi) is 5.23. The number of aromatic nitrogens is 2. The summed E-state index contributed by atoms with van der Waals surface area (Å²) >= 11 is 0. The van der Waals surface area contributed by atoms with E-state index in [1.165, 1.54) is 12.7 Å². The molecule has 27 heavy (non-hydrogen) atoms. The number of rotatable bonds is 5. The summed E-state index contributed by atoms with van der Waals surface area (Å²) in [6.45, 7) is 3.93. The van der Waals surface area contributed by atoms with Crippen LogP contribution in [0.3, 0.4) is 0 Å². The van der Waals surface area contributed by atoms with Crippen molar-refractivity contribution in [3.63, 3.8) is 0 Å². The third kappa shape index (κ3) is 4.15. The number of fused-ring (bicyclic) bond motifs is 1. The van der Waals surface area contributed by atoms with E-state index in [0.29, 0.717) is 17.1 Å². The van der Waals surface area contributed by atoms with Crippen LogP contribution in [0.5, 0.6) is 5.75 Å². The molecule has 0 bridgehead atoms. The molecule has 3 aromatic rings. The van der Waals surface area contributed by atoms with Crippen LogP contribution in [0.2, 0.25) is 0 Å². The SMILES string of the molecule is COC(=O)COc1ccc(/C=C(/C#N)c2nc3cc(C)c(C)cc3[nH]2)cc1. The molecule has 0 unspecified atom stereocenters. The second-order valence-corrected chi connectivity index (χ2v) is 6.14. The predicted octanol–water partition coefficient (Wildman–Crippen LogP) is 3.80. The first-order valence-corrected chi connectivity index (χ1v) is 8.39. The van der Waals surface area contributed by atoms with Crippen molar-refractivity contribution in [2.45, 2.75) is 13.8 Å². The fourth-order valence-corrected chi connectivity index (χ4v) is 2.58. The van der Waals surface area contributed by atoms with E-state index in [2.05, 4.69) is 20.8 Å². The Morgan fingerprint density at radius 2 is 1.93 bits per heavy atom. The van der Waals surface area contributed by atoms with E-state index in [9.17, 15) is 10.1 Å². The largest absolute Gasteiger partial charge is 0.482 e. The van der Waals surface area contributed by atoms with Gasteiger partial charge in [-0.3, -0.25) is 0 Å². The lowest BCUT2D eigenvalue weighted by Gasteiger charge is -2.04. The van der Waals surface area contributed by atoms with Gasteiger partial charge in [-0.1, -0.05) is 12.1 Å². The third-order valence-corrected chi connectivity index (χ3v) is 4.25. The van der Waals surface area contributed by atoms with Crippen molar-refractivity contribution in [2.75, 3.05) is 13.7 Å². The lowest BCUT2D eigenvalue weighted by molar-refractivity contribution is -0.142. The van der Waals surface area contributed by atoms with Crippen molar-refractivity contribution < 1.29 is 14.3 Å². The molecule has 1 N–H and O–H groups in total. The van der Waals surface area contributed by atoms with Crippen LogP contribution in [0.25, 0.3) is 22.7 Å². The Morgan fingerprint density at radius 3 is 2.59 bits per heavy atom. The average Bonchev–Trinajstić information content (AvgIpc) is 3.07. The quantitative estimate of drug-likeness (QED) is 0.552. The van der Waals surface area contributed by atoms with E-state index < -0.39 is 5.97 Å². The van der Waals surface area contributed by atoms with Gasteiger partial charge in [0, 0.05) is 0 Å². The molecule has 0 saturated heterocycles. The van der Waals surface area contributed by atoms with Gasteiger partial charge in [0.2, 0.25) is 0 Å². The van der Waals surface area contributed by atoms with Crippen molar-refractivity contribution in [3.05, 3.63) is 58.9 Å². The highest BCUT2D eigenvalue weighted by atomic mass is 16.6. The molecule has 0 spiro atoms. The lowest BCUT2D eigenvalue weighted by Crippen LogP contribution is -2.12. The van der Waals surface area contributed by atoms with Gasteiger partial charge in [-0.2, -0.15) is 5.26 Å². The van der Waals surface area contributed by atoms with Crippen LogP contribution in [0.15, 0.2) is 36.4 Å². The van der Waals surface area contributed by atoms with E-state index in [0.717, 1.165) is 22.2 Å². The second-order valence-electron chi connectivity index (χ2n) is 6.14. The molecule has 0 fully saturated rings. The summed E-state index contributed by atoms with van der Waals surface area (Å²) in [6, 6.07) is 13.3. The number of carbonyl (C=O) groups excluding carboxylic acids is 1. The summed E-state index contributed by atoms with van der Waals surface area (Å²) in [5.74, 6) is 0.635. The number of allylic oxidation sites excluding steroid dienone is 1. The maximum Gasteiger partial charge on any atom is 0.343 e. The van der Waals surface area contributed by atoms with Crippen molar-refractivity contribution in [1.29, 1.82) is 5.26 Å². The highest BCUT2D eigenvalue weighted by Crippen LogP contribution is 2.22. The number of nitrogens with zero attached hydrogens (tertiary/aromatic N) is 2. The fraction of sp³-hybridized carbons (Fsp3) is 0.190. The molecule has 0 radical (unpaired) electrons. The topological polar surface area (TPSA) is 88.0 Å². The van der Waals surface area contributed by atoms with Crippen LogP contribution in [0, 0.1) is 25.2 Å². The lowest BCUT2D eigenvalue weighted by atomic mass is 10.1. The van der Waals surface area contributed by atoms with Crippen molar-refractivity contribution >= 4 is 28.7 Å². The normalized spacial score (nSPS) is 11.3. The number of benzene rings is 2. The van der Waals surface area contributed by atoms with Gasteiger partial charge >= 0.3 is 5.97 Å². The molecule has 0 atom stereocenters. The zero-order valence-electron chi connectivity index (χ0n) is 15.4. The summed E-state index contributed by atoms with van der Waals surface area (Å²) in [4.78, 5) is 18.8. The first-order valence-electron chi connectivity index (χ1n) is 8.39. The van der Waals surface area contributed by atoms with Crippen LogP contribution < -0.4 is 4.74 Å². The summed E-state index contributed by atoms with van der Waals surface area (Å²) in [5.41, 5.74) is 5.32. The zero-order chi connectivity index (χ0) is 19.4. The summed E-state index contributed by atoms with van der Waals surface area (Å²) in [7, 11) is 1.31. The van der Waals surface area contributed by atoms with Gasteiger partial charge in [0.25, 0.3) is 0 Å². The highest BCUT2D eigenvalue weighted by Gasteiger charge is 2.09. The number of H-pyrrole nitrogens is 1. The molecular weight excluding hydrogens is 342 g/mol. The number of carbonyl (C=O) groups is 1. The number of hydrogen-bond acceptors (Lipinski definition) is 5. The Labute approximate surface area is 157 Å². The van der Waals surface area contributed by atoms with E-state index in [1.54, 1.807) is 30.3 Å². The molecule has 136 valence electrons. The number of imidazole rings is 1. The second kappa shape index (κ2) is 7.75. The van der Waals surface area contributed by atoms with Gasteiger partial charge in [-0.25, -0.2) is 9.78 Å². The monoisotopic (exact) mass is 361 g/mol. The number of esters is 1. The van der Waals surface area contributed by atoms with E-state index >= 15 is 0 Å². The van der Waals surface area contributed by atoms with E-state index in [1.807, 2.05) is 26.0 Å². The van der Waals surface area contributed by atoms with Gasteiger partial charge in [-0.05, 0) is 60.9 Å². The predicted molar refractivity (Wildman–Crippen MR) is 103 cm³/mol. The summed E-state index contributed by atoms with van der Waals surface area (Å²) < 4.78 is 9.84. The minimum Gasteiger partial charge on any atom is -0.482 e. The minimum absolute atomic E-state index is 0.146. The Morgan fingerprint density at radius 1 is 1.22 bits per heavy atom. The average molecular weight is 361 g/mol. The third-order valence-electron chi connectivity index (χ3n) is 4.25. The summed E-state index contributed by atoms with van der Waals surface area (Å²) in [6.07, 6.45) is 1.75. The number of ether oxygens (including phenoxy) is 2. The number of aryl methyl sites for hydroxylation is 2. The molecule has 1 aromatic heterocycles.